The van der Waals surface area contributed by atoms with Crippen LogP contribution in [0.5, 0.6) is 5.75 Å². The van der Waals surface area contributed by atoms with E-state index >= 15 is 0 Å². The molecule has 28 heavy (non-hydrogen) atoms. The zero-order valence-corrected chi connectivity index (χ0v) is 16.0. The van der Waals surface area contributed by atoms with Crippen LogP contribution in [0.2, 0.25) is 10.0 Å². The maximum atomic E-state index is 12.6. The second kappa shape index (κ2) is 8.73. The van der Waals surface area contributed by atoms with E-state index in [2.05, 4.69) is 10.5 Å². The largest absolute Gasteiger partial charge is 0.505 e. The summed E-state index contributed by atoms with van der Waals surface area (Å²) in [5.41, 5.74) is 3.27. The number of aromatic hydroxyl groups is 1. The van der Waals surface area contributed by atoms with Crippen LogP contribution in [0.4, 0.5) is 0 Å². The molecule has 8 heteroatoms. The third-order valence-corrected chi connectivity index (χ3v) is 4.46. The van der Waals surface area contributed by atoms with Gasteiger partial charge >= 0.3 is 0 Å². The molecule has 0 aliphatic rings. The van der Waals surface area contributed by atoms with Crippen molar-refractivity contribution in [1.29, 1.82) is 0 Å². The van der Waals surface area contributed by atoms with Gasteiger partial charge in [-0.15, -0.1) is 0 Å². The summed E-state index contributed by atoms with van der Waals surface area (Å²) in [6, 6.07) is 15.4. The third-order valence-electron chi connectivity index (χ3n) is 3.88. The summed E-state index contributed by atoms with van der Waals surface area (Å²) in [7, 11) is 0. The van der Waals surface area contributed by atoms with Crippen LogP contribution in [0.1, 0.15) is 21.5 Å². The molecular weight excluding hydrogens is 401 g/mol. The molecule has 0 spiro atoms. The molecule has 2 aromatic carbocycles. The highest BCUT2D eigenvalue weighted by Gasteiger charge is 2.12. The number of hydrogen-bond donors (Lipinski definition) is 2. The van der Waals surface area contributed by atoms with Crippen molar-refractivity contribution >= 4 is 35.3 Å². The Hall–Kier alpha value is -3.09. The number of nitrogens with zero attached hydrogens (tertiary/aromatic N) is 2. The van der Waals surface area contributed by atoms with Gasteiger partial charge in [0.15, 0.2) is 5.75 Å². The molecule has 2 N–H and O–H groups in total. The Morgan fingerprint density at radius 3 is 2.46 bits per heavy atom. The lowest BCUT2D eigenvalue weighted by atomic mass is 10.2. The van der Waals surface area contributed by atoms with Crippen LogP contribution in [-0.4, -0.2) is 21.8 Å². The average Bonchev–Trinajstić information content (AvgIpc) is 2.68. The van der Waals surface area contributed by atoms with Gasteiger partial charge in [0, 0.05) is 6.20 Å². The number of amides is 1. The summed E-state index contributed by atoms with van der Waals surface area (Å²) in [5.74, 6) is -0.868. The van der Waals surface area contributed by atoms with E-state index in [1.807, 2.05) is 30.3 Å². The van der Waals surface area contributed by atoms with E-state index in [1.165, 1.54) is 29.0 Å². The van der Waals surface area contributed by atoms with E-state index in [-0.39, 0.29) is 21.4 Å². The van der Waals surface area contributed by atoms with Crippen molar-refractivity contribution in [3.8, 4) is 5.75 Å². The van der Waals surface area contributed by atoms with Crippen LogP contribution >= 0.6 is 23.2 Å². The molecule has 1 amide bonds. The SMILES string of the molecule is O=C(N/N=C\c1cc(Cl)c(O)c(Cl)c1)c1cccn(Cc2ccccc2)c1=O. The predicted octanol–water partition coefficient (Wildman–Crippen LogP) is 3.67. The molecule has 0 unspecified atom stereocenters. The third kappa shape index (κ3) is 4.60. The van der Waals surface area contributed by atoms with E-state index in [4.69, 9.17) is 23.2 Å². The molecule has 0 fully saturated rings. The van der Waals surface area contributed by atoms with E-state index in [9.17, 15) is 14.7 Å². The Balaban J connectivity index is 1.74. The zero-order valence-electron chi connectivity index (χ0n) is 14.5. The molecule has 142 valence electrons. The molecule has 0 bridgehead atoms. The topological polar surface area (TPSA) is 83.7 Å². The maximum Gasteiger partial charge on any atom is 0.276 e. The number of carbonyl (C=O) groups excluding carboxylic acids is 1. The van der Waals surface area contributed by atoms with E-state index in [1.54, 1.807) is 12.3 Å². The first-order valence-electron chi connectivity index (χ1n) is 8.20. The fraction of sp³-hybridized carbons (Fsp3) is 0.0500. The summed E-state index contributed by atoms with van der Waals surface area (Å²) < 4.78 is 1.45. The first-order valence-corrected chi connectivity index (χ1v) is 8.96. The van der Waals surface area contributed by atoms with Crippen LogP contribution in [-0.2, 0) is 6.54 Å². The molecule has 1 aromatic heterocycles. The fourth-order valence-electron chi connectivity index (χ4n) is 2.50. The highest BCUT2D eigenvalue weighted by atomic mass is 35.5. The standard InChI is InChI=1S/C20H15Cl2N3O3/c21-16-9-14(10-17(22)18(16)26)11-23-24-19(27)15-7-4-8-25(20(15)28)12-13-5-2-1-3-6-13/h1-11,26H,12H2,(H,24,27)/b23-11-. The van der Waals surface area contributed by atoms with Gasteiger partial charge in [-0.25, -0.2) is 5.43 Å². The van der Waals surface area contributed by atoms with Crippen LogP contribution in [0.3, 0.4) is 0 Å². The Morgan fingerprint density at radius 1 is 1.11 bits per heavy atom. The van der Waals surface area contributed by atoms with Crippen molar-refractivity contribution in [1.82, 2.24) is 9.99 Å². The Bertz CT molecular complexity index is 1070. The number of phenols is 1. The predicted molar refractivity (Wildman–Crippen MR) is 109 cm³/mol. The first kappa shape index (κ1) is 19.7. The number of hydrogen-bond acceptors (Lipinski definition) is 4. The number of aromatic nitrogens is 1. The lowest BCUT2D eigenvalue weighted by Crippen LogP contribution is -2.30. The number of hydrazone groups is 1. The molecule has 6 nitrogen and oxygen atoms in total. The van der Waals surface area contributed by atoms with Crippen molar-refractivity contribution in [2.75, 3.05) is 0 Å². The smallest absolute Gasteiger partial charge is 0.276 e. The second-order valence-electron chi connectivity index (χ2n) is 5.87. The molecule has 0 aliphatic carbocycles. The summed E-state index contributed by atoms with van der Waals surface area (Å²) in [6.07, 6.45) is 2.93. The lowest BCUT2D eigenvalue weighted by molar-refractivity contribution is 0.0953. The number of pyridine rings is 1. The second-order valence-corrected chi connectivity index (χ2v) is 6.69. The Morgan fingerprint density at radius 2 is 1.79 bits per heavy atom. The van der Waals surface area contributed by atoms with Gasteiger partial charge in [-0.05, 0) is 35.4 Å². The fourth-order valence-corrected chi connectivity index (χ4v) is 3.00. The van der Waals surface area contributed by atoms with E-state index < -0.39 is 11.5 Å². The number of rotatable bonds is 5. The van der Waals surface area contributed by atoms with Gasteiger partial charge in [-0.3, -0.25) is 9.59 Å². The summed E-state index contributed by atoms with van der Waals surface area (Å²) >= 11 is 11.7. The molecule has 0 saturated heterocycles. The van der Waals surface area contributed by atoms with Crippen LogP contribution in [0, 0.1) is 0 Å². The molecule has 0 aliphatic heterocycles. The molecule has 0 saturated carbocycles. The minimum atomic E-state index is -0.639. The summed E-state index contributed by atoms with van der Waals surface area (Å²) in [5, 5.41) is 13.5. The van der Waals surface area contributed by atoms with Gasteiger partial charge in [0.1, 0.15) is 5.56 Å². The number of benzene rings is 2. The van der Waals surface area contributed by atoms with Gasteiger partial charge < -0.3 is 9.67 Å². The van der Waals surface area contributed by atoms with Gasteiger partial charge in [0.2, 0.25) is 0 Å². The average molecular weight is 416 g/mol. The van der Waals surface area contributed by atoms with Crippen molar-refractivity contribution in [2.24, 2.45) is 5.10 Å². The first-order chi connectivity index (χ1) is 13.5. The molecule has 3 aromatic rings. The minimum absolute atomic E-state index is 0.0302. The molecule has 3 rings (SSSR count). The van der Waals surface area contributed by atoms with Gasteiger partial charge in [-0.1, -0.05) is 53.5 Å². The van der Waals surface area contributed by atoms with Gasteiger partial charge in [0.25, 0.3) is 11.5 Å². The quantitative estimate of drug-likeness (QED) is 0.492. The van der Waals surface area contributed by atoms with Crippen LogP contribution in [0.15, 0.2) is 70.7 Å². The number of nitrogens with one attached hydrogen (secondary N) is 1. The Labute approximate surface area is 170 Å². The van der Waals surface area contributed by atoms with Gasteiger partial charge in [0.05, 0.1) is 22.8 Å². The highest BCUT2D eigenvalue weighted by molar-refractivity contribution is 6.37. The normalized spacial score (nSPS) is 10.9. The van der Waals surface area contributed by atoms with Crippen LogP contribution < -0.4 is 11.0 Å². The van der Waals surface area contributed by atoms with Crippen molar-refractivity contribution in [3.63, 3.8) is 0 Å². The van der Waals surface area contributed by atoms with E-state index in [0.717, 1.165) is 5.56 Å². The number of phenolic OH excluding ortho intramolecular Hbond substituents is 1. The summed E-state index contributed by atoms with van der Waals surface area (Å²) in [4.78, 5) is 24.9. The molecule has 0 atom stereocenters. The minimum Gasteiger partial charge on any atom is -0.505 e. The Kier molecular flexibility index (Phi) is 6.13. The van der Waals surface area contributed by atoms with Gasteiger partial charge in [-0.2, -0.15) is 5.10 Å². The maximum absolute atomic E-state index is 12.6. The number of carbonyl (C=O) groups is 1. The lowest BCUT2D eigenvalue weighted by Gasteiger charge is -2.07. The van der Waals surface area contributed by atoms with Crippen molar-refractivity contribution < 1.29 is 9.90 Å². The molecule has 0 radical (unpaired) electrons. The van der Waals surface area contributed by atoms with E-state index in [0.29, 0.717) is 12.1 Å². The molecular formula is C20H15Cl2N3O3. The zero-order chi connectivity index (χ0) is 20.1. The van der Waals surface area contributed by atoms with Crippen molar-refractivity contribution in [2.45, 2.75) is 6.54 Å². The van der Waals surface area contributed by atoms with Crippen LogP contribution in [0.25, 0.3) is 0 Å². The molecule has 1 heterocycles. The number of halogens is 2. The summed E-state index contributed by atoms with van der Waals surface area (Å²) in [6.45, 7) is 0.356. The monoisotopic (exact) mass is 415 g/mol. The highest BCUT2D eigenvalue weighted by Crippen LogP contribution is 2.32. The van der Waals surface area contributed by atoms with Crippen molar-refractivity contribution in [3.05, 3.63) is 97.9 Å².